The molecule has 33 heavy (non-hydrogen) atoms. The lowest BCUT2D eigenvalue weighted by molar-refractivity contribution is -0.235. The molecule has 0 spiro atoms. The van der Waals surface area contributed by atoms with Crippen LogP contribution < -0.4 is 0 Å². The van der Waals surface area contributed by atoms with Crippen molar-refractivity contribution < 1.29 is 14.7 Å². The molecule has 0 heterocycles. The fraction of sp³-hybridized carbons (Fsp3) is 0.867. The molecule has 0 aromatic carbocycles. The average Bonchev–Trinajstić information content (AvgIpc) is 3.13. The lowest BCUT2D eigenvalue weighted by Crippen LogP contribution is -2.66. The summed E-state index contributed by atoms with van der Waals surface area (Å²) in [6, 6.07) is 0. The summed E-state index contributed by atoms with van der Waals surface area (Å²) in [6.45, 7) is 18.5. The van der Waals surface area contributed by atoms with Gasteiger partial charge in [-0.25, -0.2) is 0 Å². The van der Waals surface area contributed by atoms with Crippen molar-refractivity contribution in [1.29, 1.82) is 0 Å². The molecule has 3 heteroatoms. The number of allylic oxidation sites excluding steroid dienone is 1. The van der Waals surface area contributed by atoms with Gasteiger partial charge in [-0.3, -0.25) is 9.59 Å². The van der Waals surface area contributed by atoms with Crippen LogP contribution in [0.4, 0.5) is 0 Å². The van der Waals surface area contributed by atoms with Gasteiger partial charge in [0.2, 0.25) is 0 Å². The SMILES string of the molecule is C=C(C)C1CCC2(C(=O)O)CCC3(C)C(CCC4[C@@]5(C)CCC(=O)C(C)(C)C5CC[C@]43C)C12. The number of carbonyl (C=O) groups excluding carboxylic acids is 1. The van der Waals surface area contributed by atoms with Crippen LogP contribution in [0.25, 0.3) is 0 Å². The fourth-order valence-corrected chi connectivity index (χ4v) is 11.3. The molecule has 0 aliphatic heterocycles. The van der Waals surface area contributed by atoms with Crippen LogP contribution >= 0.6 is 0 Å². The molecule has 7 unspecified atom stereocenters. The molecule has 9 atom stereocenters. The molecule has 0 saturated heterocycles. The van der Waals surface area contributed by atoms with Crippen molar-refractivity contribution in [1.82, 2.24) is 0 Å². The Bertz CT molecular complexity index is 902. The minimum Gasteiger partial charge on any atom is -0.481 e. The highest BCUT2D eigenvalue weighted by Crippen LogP contribution is 2.77. The predicted molar refractivity (Wildman–Crippen MR) is 132 cm³/mol. The molecule has 5 rings (SSSR count). The molecule has 5 aliphatic rings. The molecule has 0 radical (unpaired) electrons. The molecule has 1 N–H and O–H groups in total. The fourth-order valence-electron chi connectivity index (χ4n) is 11.3. The molecule has 0 bridgehead atoms. The first kappa shape index (κ1) is 23.6. The maximum Gasteiger partial charge on any atom is 0.309 e. The molecule has 184 valence electrons. The molecule has 5 saturated carbocycles. The number of rotatable bonds is 2. The lowest BCUT2D eigenvalue weighted by atomic mass is 9.32. The molecular weight excluding hydrogens is 408 g/mol. The van der Waals surface area contributed by atoms with Crippen molar-refractivity contribution >= 4 is 11.8 Å². The van der Waals surface area contributed by atoms with Crippen molar-refractivity contribution in [3.63, 3.8) is 0 Å². The summed E-state index contributed by atoms with van der Waals surface area (Å²) < 4.78 is 0. The normalized spacial score (nSPS) is 52.8. The molecular formula is C30H46O3. The van der Waals surface area contributed by atoms with Crippen LogP contribution in [-0.4, -0.2) is 16.9 Å². The summed E-state index contributed by atoms with van der Waals surface area (Å²) in [7, 11) is 0. The van der Waals surface area contributed by atoms with Gasteiger partial charge in [0.25, 0.3) is 0 Å². The van der Waals surface area contributed by atoms with Gasteiger partial charge < -0.3 is 5.11 Å². The standard InChI is InChI=1S/C30H46O3/c1-18(2)19-10-15-30(25(32)33)17-16-28(6)20(24(19)30)8-9-22-27(5)13-12-23(31)26(3,4)21(27)11-14-29(22,28)7/h19-22,24H,1,8-17H2,2-7H3,(H,32,33)/t19?,20?,21?,22?,24?,27-,28?,29+,30?/m0/s1. The maximum absolute atomic E-state index is 12.9. The summed E-state index contributed by atoms with van der Waals surface area (Å²) in [5.74, 6) is 2.07. The highest BCUT2D eigenvalue weighted by atomic mass is 16.4. The Labute approximate surface area is 201 Å². The molecule has 0 amide bonds. The van der Waals surface area contributed by atoms with Crippen LogP contribution in [0.1, 0.15) is 106 Å². The maximum atomic E-state index is 12.9. The van der Waals surface area contributed by atoms with Crippen LogP contribution in [0.3, 0.4) is 0 Å². The third kappa shape index (κ3) is 2.69. The van der Waals surface area contributed by atoms with Crippen molar-refractivity contribution in [2.24, 2.45) is 56.7 Å². The Morgan fingerprint density at radius 2 is 1.58 bits per heavy atom. The van der Waals surface area contributed by atoms with Gasteiger partial charge in [0.15, 0.2) is 0 Å². The predicted octanol–water partition coefficient (Wildman–Crippen LogP) is 7.30. The smallest absolute Gasteiger partial charge is 0.309 e. The zero-order valence-electron chi connectivity index (χ0n) is 21.9. The van der Waals surface area contributed by atoms with E-state index in [1.54, 1.807) is 0 Å². The number of fused-ring (bicyclic) bond motifs is 7. The Kier molecular flexibility index (Phi) is 4.99. The average molecular weight is 455 g/mol. The van der Waals surface area contributed by atoms with E-state index in [9.17, 15) is 14.7 Å². The summed E-state index contributed by atoms with van der Waals surface area (Å²) in [5, 5.41) is 10.5. The van der Waals surface area contributed by atoms with E-state index < -0.39 is 11.4 Å². The molecule has 5 fully saturated rings. The van der Waals surface area contributed by atoms with E-state index in [1.807, 2.05) is 0 Å². The number of carbonyl (C=O) groups is 2. The zero-order valence-corrected chi connectivity index (χ0v) is 21.9. The van der Waals surface area contributed by atoms with Gasteiger partial charge >= 0.3 is 5.97 Å². The monoisotopic (exact) mass is 454 g/mol. The van der Waals surface area contributed by atoms with Crippen LogP contribution in [0.15, 0.2) is 12.2 Å². The number of carboxylic acid groups (broad SMARTS) is 1. The Morgan fingerprint density at radius 1 is 0.879 bits per heavy atom. The topological polar surface area (TPSA) is 54.4 Å². The molecule has 0 aromatic heterocycles. The van der Waals surface area contributed by atoms with Gasteiger partial charge in [-0.2, -0.15) is 0 Å². The van der Waals surface area contributed by atoms with Crippen molar-refractivity contribution in [2.45, 2.75) is 106 Å². The second kappa shape index (κ2) is 6.97. The third-order valence-electron chi connectivity index (χ3n) is 13.2. The van der Waals surface area contributed by atoms with E-state index in [0.717, 1.165) is 51.4 Å². The van der Waals surface area contributed by atoms with E-state index in [2.05, 4.69) is 48.1 Å². The van der Waals surface area contributed by atoms with Gasteiger partial charge in [-0.15, -0.1) is 0 Å². The summed E-state index contributed by atoms with van der Waals surface area (Å²) >= 11 is 0. The van der Waals surface area contributed by atoms with E-state index >= 15 is 0 Å². The van der Waals surface area contributed by atoms with Crippen molar-refractivity contribution in [3.05, 3.63) is 12.2 Å². The van der Waals surface area contributed by atoms with Gasteiger partial charge in [0, 0.05) is 11.8 Å². The third-order valence-corrected chi connectivity index (χ3v) is 13.2. The van der Waals surface area contributed by atoms with Crippen LogP contribution in [0.5, 0.6) is 0 Å². The highest BCUT2D eigenvalue weighted by Gasteiger charge is 2.72. The van der Waals surface area contributed by atoms with E-state index in [1.165, 1.54) is 18.4 Å². The van der Waals surface area contributed by atoms with Gasteiger partial charge in [-0.1, -0.05) is 46.8 Å². The number of ketones is 1. The number of Topliss-reactive ketones (excluding diaryl/α,β-unsaturated/α-hetero) is 1. The number of hydrogen-bond donors (Lipinski definition) is 1. The molecule has 3 nitrogen and oxygen atoms in total. The highest BCUT2D eigenvalue weighted by molar-refractivity contribution is 5.85. The number of hydrogen-bond acceptors (Lipinski definition) is 2. The first-order chi connectivity index (χ1) is 15.3. The Balaban J connectivity index is 1.57. The molecule has 0 aromatic rings. The van der Waals surface area contributed by atoms with Crippen molar-refractivity contribution in [3.8, 4) is 0 Å². The van der Waals surface area contributed by atoms with Crippen molar-refractivity contribution in [2.75, 3.05) is 0 Å². The lowest BCUT2D eigenvalue weighted by Gasteiger charge is -2.72. The second-order valence-corrected chi connectivity index (χ2v) is 14.3. The summed E-state index contributed by atoms with van der Waals surface area (Å²) in [5.41, 5.74) is 1.03. The Morgan fingerprint density at radius 3 is 2.21 bits per heavy atom. The zero-order chi connectivity index (χ0) is 24.2. The number of aliphatic carboxylic acids is 1. The summed E-state index contributed by atoms with van der Waals surface area (Å²) in [6.07, 6.45) is 10.1. The van der Waals surface area contributed by atoms with Crippen LogP contribution in [-0.2, 0) is 9.59 Å². The van der Waals surface area contributed by atoms with E-state index in [-0.39, 0.29) is 27.6 Å². The first-order valence-corrected chi connectivity index (χ1v) is 13.7. The summed E-state index contributed by atoms with van der Waals surface area (Å²) in [4.78, 5) is 25.7. The van der Waals surface area contributed by atoms with Crippen LogP contribution in [0.2, 0.25) is 0 Å². The molecule has 5 aliphatic carbocycles. The van der Waals surface area contributed by atoms with Gasteiger partial charge in [0.05, 0.1) is 5.41 Å². The number of carboxylic acids is 1. The van der Waals surface area contributed by atoms with Crippen LogP contribution in [0, 0.1) is 56.7 Å². The second-order valence-electron chi connectivity index (χ2n) is 14.3. The minimum absolute atomic E-state index is 0.164. The van der Waals surface area contributed by atoms with E-state index in [4.69, 9.17) is 0 Å². The largest absolute Gasteiger partial charge is 0.481 e. The quantitative estimate of drug-likeness (QED) is 0.445. The minimum atomic E-state index is -0.547. The Hall–Kier alpha value is -1.12. The van der Waals surface area contributed by atoms with Gasteiger partial charge in [-0.05, 0) is 111 Å². The first-order valence-electron chi connectivity index (χ1n) is 13.7. The van der Waals surface area contributed by atoms with E-state index in [0.29, 0.717) is 29.5 Å². The van der Waals surface area contributed by atoms with Gasteiger partial charge in [0.1, 0.15) is 5.78 Å².